The zero-order chi connectivity index (χ0) is 13.3. The predicted molar refractivity (Wildman–Crippen MR) is 72.8 cm³/mol. The van der Waals surface area contributed by atoms with Crippen LogP contribution in [-0.2, 0) is 9.53 Å². The van der Waals surface area contributed by atoms with Gasteiger partial charge in [-0.15, -0.1) is 0 Å². The smallest absolute Gasteiger partial charge is 0.313 e. The molecular weight excluding hydrogens is 226 g/mol. The van der Waals surface area contributed by atoms with Crippen molar-refractivity contribution in [1.82, 2.24) is 0 Å². The number of benzene rings is 1. The van der Waals surface area contributed by atoms with E-state index in [0.29, 0.717) is 6.54 Å². The van der Waals surface area contributed by atoms with Gasteiger partial charge in [0.25, 0.3) is 0 Å². The summed E-state index contributed by atoms with van der Waals surface area (Å²) < 4.78 is 4.87. The summed E-state index contributed by atoms with van der Waals surface area (Å²) >= 11 is 0. The molecule has 1 aliphatic rings. The molecule has 0 radical (unpaired) electrons. The second kappa shape index (κ2) is 4.63. The van der Waals surface area contributed by atoms with E-state index in [1.807, 2.05) is 0 Å². The molecule has 1 aromatic rings. The number of esters is 1. The van der Waals surface area contributed by atoms with Crippen LogP contribution in [0.15, 0.2) is 12.1 Å². The summed E-state index contributed by atoms with van der Waals surface area (Å²) in [5.74, 6) is -0.0857. The molecule has 0 aromatic heterocycles. The molecule has 1 aromatic carbocycles. The van der Waals surface area contributed by atoms with Crippen molar-refractivity contribution in [3.8, 4) is 0 Å². The molecule has 0 spiro atoms. The van der Waals surface area contributed by atoms with Crippen LogP contribution in [-0.4, -0.2) is 19.6 Å². The van der Waals surface area contributed by atoms with E-state index in [1.54, 1.807) is 0 Å². The maximum absolute atomic E-state index is 11.7. The van der Waals surface area contributed by atoms with Crippen molar-refractivity contribution in [2.45, 2.75) is 33.6 Å². The minimum atomic E-state index is -0.279. The number of carbonyl (C=O) groups excluding carboxylic acids is 1. The van der Waals surface area contributed by atoms with Crippen LogP contribution in [0.4, 0.5) is 5.69 Å². The molecule has 98 valence electrons. The molecule has 0 atom stereocenters. The predicted octanol–water partition coefficient (Wildman–Crippen LogP) is 2.98. The van der Waals surface area contributed by atoms with Gasteiger partial charge in [0.05, 0.1) is 12.5 Å². The number of nitrogens with one attached hydrogen (secondary N) is 1. The Morgan fingerprint density at radius 1 is 1.28 bits per heavy atom. The number of ether oxygens (including phenoxy) is 1. The van der Waals surface area contributed by atoms with Crippen LogP contribution < -0.4 is 5.32 Å². The monoisotopic (exact) mass is 247 g/mol. The zero-order valence-electron chi connectivity index (χ0n) is 11.6. The minimum Gasteiger partial charge on any atom is -0.469 e. The van der Waals surface area contributed by atoms with E-state index in [2.05, 4.69) is 38.2 Å². The lowest BCUT2D eigenvalue weighted by Crippen LogP contribution is -2.26. The Bertz CT molecular complexity index is 452. The van der Waals surface area contributed by atoms with E-state index in [0.717, 1.165) is 18.5 Å². The van der Waals surface area contributed by atoms with Crippen molar-refractivity contribution in [3.63, 3.8) is 0 Å². The molecule has 2 rings (SSSR count). The maximum atomic E-state index is 11.7. The molecule has 0 aliphatic heterocycles. The lowest BCUT2D eigenvalue weighted by atomic mass is 10.0. The number of hydrogen-bond donors (Lipinski definition) is 1. The summed E-state index contributed by atoms with van der Waals surface area (Å²) in [6.07, 6.45) is 1.85. The van der Waals surface area contributed by atoms with Crippen LogP contribution >= 0.6 is 0 Å². The number of methoxy groups -OCH3 is 1. The van der Waals surface area contributed by atoms with Crippen LogP contribution in [0.2, 0.25) is 0 Å². The molecule has 3 nitrogen and oxygen atoms in total. The molecule has 0 amide bonds. The molecule has 0 bridgehead atoms. The normalized spacial score (nSPS) is 16.2. The number of rotatable bonds is 4. The second-order valence-electron chi connectivity index (χ2n) is 5.40. The zero-order valence-corrected chi connectivity index (χ0v) is 11.6. The standard InChI is InChI=1S/C15H21NO2/c1-10-7-11(2)13(12(3)8-10)16-9-15(5-6-15)14(17)18-4/h7-8,16H,5-6,9H2,1-4H3. The van der Waals surface area contributed by atoms with Gasteiger partial charge in [0.2, 0.25) is 0 Å². The molecule has 1 saturated carbocycles. The first-order chi connectivity index (χ1) is 8.48. The van der Waals surface area contributed by atoms with Gasteiger partial charge in [0.15, 0.2) is 0 Å². The highest BCUT2D eigenvalue weighted by molar-refractivity contribution is 5.80. The molecule has 1 N–H and O–H groups in total. The van der Waals surface area contributed by atoms with Crippen molar-refractivity contribution in [1.29, 1.82) is 0 Å². The van der Waals surface area contributed by atoms with E-state index in [1.165, 1.54) is 23.8 Å². The highest BCUT2D eigenvalue weighted by Gasteiger charge is 2.50. The molecule has 18 heavy (non-hydrogen) atoms. The van der Waals surface area contributed by atoms with Crippen LogP contribution in [0.3, 0.4) is 0 Å². The minimum absolute atomic E-state index is 0.0857. The Morgan fingerprint density at radius 2 is 1.83 bits per heavy atom. The molecular formula is C15H21NO2. The Balaban J connectivity index is 2.10. The fourth-order valence-corrected chi connectivity index (χ4v) is 2.54. The Hall–Kier alpha value is -1.51. The first-order valence-corrected chi connectivity index (χ1v) is 6.39. The summed E-state index contributed by atoms with van der Waals surface area (Å²) in [6.45, 7) is 6.96. The largest absolute Gasteiger partial charge is 0.469 e. The first kappa shape index (κ1) is 12.9. The average molecular weight is 247 g/mol. The molecule has 3 heteroatoms. The molecule has 1 aliphatic carbocycles. The average Bonchev–Trinajstić information content (AvgIpc) is 3.07. The fraction of sp³-hybridized carbons (Fsp3) is 0.533. The lowest BCUT2D eigenvalue weighted by Gasteiger charge is -2.18. The van der Waals surface area contributed by atoms with E-state index in [-0.39, 0.29) is 11.4 Å². The van der Waals surface area contributed by atoms with Crippen molar-refractivity contribution in [2.75, 3.05) is 19.0 Å². The first-order valence-electron chi connectivity index (χ1n) is 6.39. The highest BCUT2D eigenvalue weighted by atomic mass is 16.5. The van der Waals surface area contributed by atoms with Crippen LogP contribution in [0.25, 0.3) is 0 Å². The number of aryl methyl sites for hydroxylation is 3. The van der Waals surface area contributed by atoms with E-state index in [9.17, 15) is 4.79 Å². The van der Waals surface area contributed by atoms with Crippen LogP contribution in [0.5, 0.6) is 0 Å². The molecule has 0 saturated heterocycles. The van der Waals surface area contributed by atoms with E-state index >= 15 is 0 Å². The van der Waals surface area contributed by atoms with Crippen molar-refractivity contribution in [2.24, 2.45) is 5.41 Å². The highest BCUT2D eigenvalue weighted by Crippen LogP contribution is 2.46. The summed E-state index contributed by atoms with van der Waals surface area (Å²) in [5.41, 5.74) is 4.60. The third-order valence-corrected chi connectivity index (χ3v) is 3.75. The molecule has 1 fully saturated rings. The summed E-state index contributed by atoms with van der Waals surface area (Å²) in [4.78, 5) is 11.7. The van der Waals surface area contributed by atoms with E-state index < -0.39 is 0 Å². The van der Waals surface area contributed by atoms with Gasteiger partial charge in [-0.1, -0.05) is 17.7 Å². The van der Waals surface area contributed by atoms with Gasteiger partial charge in [0.1, 0.15) is 0 Å². The Morgan fingerprint density at radius 3 is 2.28 bits per heavy atom. The Labute approximate surface area is 109 Å². The fourth-order valence-electron chi connectivity index (χ4n) is 2.54. The van der Waals surface area contributed by atoms with E-state index in [4.69, 9.17) is 4.74 Å². The van der Waals surface area contributed by atoms with Gasteiger partial charge < -0.3 is 10.1 Å². The topological polar surface area (TPSA) is 38.3 Å². The molecule has 0 heterocycles. The maximum Gasteiger partial charge on any atom is 0.313 e. The van der Waals surface area contributed by atoms with Crippen molar-refractivity contribution in [3.05, 3.63) is 28.8 Å². The quantitative estimate of drug-likeness (QED) is 0.831. The van der Waals surface area contributed by atoms with Gasteiger partial charge >= 0.3 is 5.97 Å². The third-order valence-electron chi connectivity index (χ3n) is 3.75. The van der Waals surface area contributed by atoms with Crippen LogP contribution in [0, 0.1) is 26.2 Å². The van der Waals surface area contributed by atoms with Crippen molar-refractivity contribution >= 4 is 11.7 Å². The van der Waals surface area contributed by atoms with Gasteiger partial charge in [-0.25, -0.2) is 0 Å². The number of anilines is 1. The lowest BCUT2D eigenvalue weighted by molar-refractivity contribution is -0.146. The van der Waals surface area contributed by atoms with Gasteiger partial charge in [0, 0.05) is 12.2 Å². The van der Waals surface area contributed by atoms with Crippen LogP contribution in [0.1, 0.15) is 29.5 Å². The summed E-state index contributed by atoms with van der Waals surface area (Å²) in [5, 5.41) is 3.43. The van der Waals surface area contributed by atoms with Gasteiger partial charge in [-0.2, -0.15) is 0 Å². The molecule has 0 unspecified atom stereocenters. The SMILES string of the molecule is COC(=O)C1(CNc2c(C)cc(C)cc2C)CC1. The third kappa shape index (κ3) is 2.35. The van der Waals surface area contributed by atoms with Gasteiger partial charge in [-0.05, 0) is 44.7 Å². The number of carbonyl (C=O) groups is 1. The second-order valence-corrected chi connectivity index (χ2v) is 5.40. The summed E-state index contributed by atoms with van der Waals surface area (Å²) in [7, 11) is 1.46. The Kier molecular flexibility index (Phi) is 3.33. The van der Waals surface area contributed by atoms with Gasteiger partial charge in [-0.3, -0.25) is 4.79 Å². The number of hydrogen-bond acceptors (Lipinski definition) is 3. The van der Waals surface area contributed by atoms with Crippen molar-refractivity contribution < 1.29 is 9.53 Å². The summed E-state index contributed by atoms with van der Waals surface area (Å²) in [6, 6.07) is 4.32.